The lowest BCUT2D eigenvalue weighted by atomic mass is 10.1. The third kappa shape index (κ3) is 3.38. The van der Waals surface area contributed by atoms with Gasteiger partial charge in [0.2, 0.25) is 5.88 Å². The maximum Gasteiger partial charge on any atom is 0.265 e. The summed E-state index contributed by atoms with van der Waals surface area (Å²) in [7, 11) is 0. The first-order chi connectivity index (χ1) is 14.0. The zero-order chi connectivity index (χ0) is 20.5. The van der Waals surface area contributed by atoms with Crippen LogP contribution in [-0.4, -0.2) is 21.0 Å². The van der Waals surface area contributed by atoms with Crippen molar-refractivity contribution in [1.82, 2.24) is 4.57 Å². The molecule has 3 aromatic carbocycles. The van der Waals surface area contributed by atoms with E-state index in [4.69, 9.17) is 0 Å². The molecule has 0 saturated carbocycles. The number of aromatic nitrogens is 1. The molecule has 0 fully saturated rings. The third-order valence-electron chi connectivity index (χ3n) is 4.87. The van der Waals surface area contributed by atoms with Crippen molar-refractivity contribution in [3.05, 3.63) is 93.8 Å². The molecule has 29 heavy (non-hydrogen) atoms. The summed E-state index contributed by atoms with van der Waals surface area (Å²) in [5, 5.41) is 21.8. The van der Waals surface area contributed by atoms with Gasteiger partial charge in [-0.05, 0) is 43.7 Å². The van der Waals surface area contributed by atoms with E-state index in [0.717, 1.165) is 11.1 Å². The Labute approximate surface area is 167 Å². The summed E-state index contributed by atoms with van der Waals surface area (Å²) in [5.74, 6) is -0.0708. The smallest absolute Gasteiger partial charge is 0.265 e. The van der Waals surface area contributed by atoms with Crippen molar-refractivity contribution in [1.29, 1.82) is 0 Å². The number of hydrogen-bond donors (Lipinski definition) is 2. The molecule has 0 amide bonds. The van der Waals surface area contributed by atoms with E-state index in [-0.39, 0.29) is 17.2 Å². The van der Waals surface area contributed by atoms with Crippen LogP contribution in [0.4, 0.5) is 5.69 Å². The van der Waals surface area contributed by atoms with Crippen LogP contribution in [0.25, 0.3) is 16.5 Å². The number of phenols is 1. The lowest BCUT2D eigenvalue weighted by Crippen LogP contribution is -2.21. The van der Waals surface area contributed by atoms with E-state index in [1.807, 2.05) is 38.1 Å². The van der Waals surface area contributed by atoms with Crippen LogP contribution in [0.2, 0.25) is 0 Å². The molecule has 144 valence electrons. The molecule has 0 aliphatic heterocycles. The SMILES string of the molecule is Cc1ccc(-n2c(O)c(C=Nc3cccc(O)c3)c3ccccc3c2=O)c(C)c1. The van der Waals surface area contributed by atoms with Crippen molar-refractivity contribution >= 4 is 22.7 Å². The Hall–Kier alpha value is -3.86. The molecule has 5 heteroatoms. The predicted molar refractivity (Wildman–Crippen MR) is 116 cm³/mol. The molecule has 4 rings (SSSR count). The van der Waals surface area contributed by atoms with Crippen LogP contribution in [0.15, 0.2) is 76.5 Å². The molecule has 0 radical (unpaired) electrons. The first-order valence-electron chi connectivity index (χ1n) is 9.23. The number of rotatable bonds is 3. The fourth-order valence-corrected chi connectivity index (χ4v) is 3.48. The van der Waals surface area contributed by atoms with Crippen LogP contribution in [0.1, 0.15) is 16.7 Å². The summed E-state index contributed by atoms with van der Waals surface area (Å²) < 4.78 is 1.32. The number of hydrogen-bond acceptors (Lipinski definition) is 4. The summed E-state index contributed by atoms with van der Waals surface area (Å²) >= 11 is 0. The van der Waals surface area contributed by atoms with Crippen molar-refractivity contribution in [3.8, 4) is 17.3 Å². The summed E-state index contributed by atoms with van der Waals surface area (Å²) in [6.45, 7) is 3.89. The van der Waals surface area contributed by atoms with E-state index in [1.54, 1.807) is 36.4 Å². The zero-order valence-corrected chi connectivity index (χ0v) is 16.1. The highest BCUT2D eigenvalue weighted by Gasteiger charge is 2.17. The number of fused-ring (bicyclic) bond motifs is 1. The molecule has 0 aliphatic carbocycles. The van der Waals surface area contributed by atoms with Crippen molar-refractivity contribution < 1.29 is 10.2 Å². The summed E-state index contributed by atoms with van der Waals surface area (Å²) in [6.07, 6.45) is 1.52. The lowest BCUT2D eigenvalue weighted by Gasteiger charge is -2.16. The minimum Gasteiger partial charge on any atom is -0.508 e. The van der Waals surface area contributed by atoms with Gasteiger partial charge in [0.05, 0.1) is 16.9 Å². The van der Waals surface area contributed by atoms with Crippen LogP contribution in [0.3, 0.4) is 0 Å². The minimum absolute atomic E-state index is 0.106. The largest absolute Gasteiger partial charge is 0.508 e. The quantitative estimate of drug-likeness (QED) is 0.500. The first kappa shape index (κ1) is 18.5. The van der Waals surface area contributed by atoms with E-state index in [9.17, 15) is 15.0 Å². The first-order valence-corrected chi connectivity index (χ1v) is 9.23. The van der Waals surface area contributed by atoms with Gasteiger partial charge in [-0.25, -0.2) is 4.57 Å². The highest BCUT2D eigenvalue weighted by molar-refractivity contribution is 6.02. The molecule has 0 atom stereocenters. The van der Waals surface area contributed by atoms with Gasteiger partial charge in [0.1, 0.15) is 5.75 Å². The van der Waals surface area contributed by atoms with Gasteiger partial charge < -0.3 is 10.2 Å². The van der Waals surface area contributed by atoms with Gasteiger partial charge in [-0.2, -0.15) is 0 Å². The van der Waals surface area contributed by atoms with Gasteiger partial charge in [0.25, 0.3) is 5.56 Å². The Balaban J connectivity index is 2.00. The molecule has 0 bridgehead atoms. The average Bonchev–Trinajstić information content (AvgIpc) is 2.69. The normalized spacial score (nSPS) is 11.4. The van der Waals surface area contributed by atoms with Crippen LogP contribution >= 0.6 is 0 Å². The molecule has 0 unspecified atom stereocenters. The van der Waals surface area contributed by atoms with Gasteiger partial charge in [-0.15, -0.1) is 0 Å². The molecule has 0 aliphatic rings. The second-order valence-corrected chi connectivity index (χ2v) is 6.99. The maximum atomic E-state index is 13.2. The second kappa shape index (κ2) is 7.28. The van der Waals surface area contributed by atoms with Gasteiger partial charge >= 0.3 is 0 Å². The van der Waals surface area contributed by atoms with Gasteiger partial charge in [-0.1, -0.05) is 42.0 Å². The van der Waals surface area contributed by atoms with Gasteiger partial charge in [0.15, 0.2) is 0 Å². The van der Waals surface area contributed by atoms with E-state index >= 15 is 0 Å². The molecule has 1 aromatic heterocycles. The molecule has 1 heterocycles. The molecular weight excluding hydrogens is 364 g/mol. The maximum absolute atomic E-state index is 13.2. The molecule has 0 spiro atoms. The van der Waals surface area contributed by atoms with E-state index in [1.165, 1.54) is 16.8 Å². The minimum atomic E-state index is -0.292. The Bertz CT molecular complexity index is 1320. The number of benzene rings is 3. The Morgan fingerprint density at radius 1 is 0.897 bits per heavy atom. The highest BCUT2D eigenvalue weighted by atomic mass is 16.3. The van der Waals surface area contributed by atoms with Crippen LogP contribution in [0, 0.1) is 13.8 Å². The molecule has 0 saturated heterocycles. The lowest BCUT2D eigenvalue weighted by molar-refractivity contribution is 0.436. The van der Waals surface area contributed by atoms with Crippen molar-refractivity contribution in [2.75, 3.05) is 0 Å². The zero-order valence-electron chi connectivity index (χ0n) is 16.1. The fraction of sp³-hybridized carbons (Fsp3) is 0.0833. The second-order valence-electron chi connectivity index (χ2n) is 6.99. The number of aliphatic imine (C=N–C) groups is 1. The highest BCUT2D eigenvalue weighted by Crippen LogP contribution is 2.28. The number of phenolic OH excluding ortho intramolecular Hbond substituents is 1. The molecule has 2 N–H and O–H groups in total. The monoisotopic (exact) mass is 384 g/mol. The summed E-state index contributed by atoms with van der Waals surface area (Å²) in [5.41, 5.74) is 3.26. The van der Waals surface area contributed by atoms with Crippen molar-refractivity contribution in [2.45, 2.75) is 13.8 Å². The van der Waals surface area contributed by atoms with Crippen molar-refractivity contribution in [2.24, 2.45) is 4.99 Å². The Morgan fingerprint density at radius 2 is 1.66 bits per heavy atom. The van der Waals surface area contributed by atoms with E-state index in [0.29, 0.717) is 27.7 Å². The summed E-state index contributed by atoms with van der Waals surface area (Å²) in [4.78, 5) is 17.6. The standard InChI is InChI=1S/C24H20N2O3/c1-15-10-11-22(16(2)12-15)26-23(28)20-9-4-3-8-19(20)21(24(26)29)14-25-17-6-5-7-18(27)13-17/h3-14,27,29H,1-2H3. The number of nitrogens with zero attached hydrogens (tertiary/aromatic N) is 2. The van der Waals surface area contributed by atoms with Gasteiger partial charge in [0, 0.05) is 23.1 Å². The number of aromatic hydroxyl groups is 2. The van der Waals surface area contributed by atoms with Crippen molar-refractivity contribution in [3.63, 3.8) is 0 Å². The molecule has 5 nitrogen and oxygen atoms in total. The van der Waals surface area contributed by atoms with E-state index in [2.05, 4.69) is 4.99 Å². The van der Waals surface area contributed by atoms with Gasteiger partial charge in [-0.3, -0.25) is 9.79 Å². The predicted octanol–water partition coefficient (Wildman–Crippen LogP) is 4.77. The topological polar surface area (TPSA) is 74.8 Å². The molecule has 4 aromatic rings. The van der Waals surface area contributed by atoms with Crippen LogP contribution in [0.5, 0.6) is 11.6 Å². The van der Waals surface area contributed by atoms with E-state index < -0.39 is 0 Å². The number of aryl methyl sites for hydroxylation is 2. The Kier molecular flexibility index (Phi) is 4.64. The average molecular weight is 384 g/mol. The Morgan fingerprint density at radius 3 is 2.38 bits per heavy atom. The fourth-order valence-electron chi connectivity index (χ4n) is 3.48. The van der Waals surface area contributed by atoms with Crippen LogP contribution < -0.4 is 5.56 Å². The third-order valence-corrected chi connectivity index (χ3v) is 4.87. The molecular formula is C24H20N2O3. The number of pyridine rings is 1. The van der Waals surface area contributed by atoms with Crippen LogP contribution in [-0.2, 0) is 0 Å². The summed E-state index contributed by atoms with van der Waals surface area (Å²) in [6, 6.07) is 19.4.